The van der Waals surface area contributed by atoms with Gasteiger partial charge >= 0.3 is 105 Å². The van der Waals surface area contributed by atoms with Gasteiger partial charge in [-0.15, -0.1) is 0 Å². The molecule has 1 nitrogen and oxygen atoms in total. The molecule has 0 amide bonds. The van der Waals surface area contributed by atoms with Crippen LogP contribution in [-0.4, -0.2) is 11.9 Å². The summed E-state index contributed by atoms with van der Waals surface area (Å²) in [4.78, 5) is 4.18. The van der Waals surface area contributed by atoms with E-state index in [0.29, 0.717) is 0 Å². The Bertz CT molecular complexity index is 739. The summed E-state index contributed by atoms with van der Waals surface area (Å²) in [5.74, 6) is 0. The molecule has 0 bridgehead atoms. The van der Waals surface area contributed by atoms with Crippen molar-refractivity contribution in [3.05, 3.63) is 60.8 Å². The third-order valence-electron chi connectivity index (χ3n) is 3.46. The molecular weight excluding hydrogens is 217 g/mol. The van der Waals surface area contributed by atoms with Crippen molar-refractivity contribution in [2.45, 2.75) is 0 Å². The molecule has 0 aliphatic rings. The molecule has 0 fully saturated rings. The van der Waals surface area contributed by atoms with Crippen molar-refractivity contribution in [2.24, 2.45) is 0 Å². The number of hydrogen-bond acceptors (Lipinski definition) is 1. The van der Waals surface area contributed by atoms with Crippen LogP contribution in [0.15, 0.2) is 60.8 Å². The molecule has 0 aliphatic carbocycles. The van der Waals surface area contributed by atoms with Crippen LogP contribution in [-0.2, 0) is 0 Å². The molecule has 4 rings (SSSR count). The topological polar surface area (TPSA) is 12.9 Å². The number of hydrogen-bond donors (Lipinski definition) is 0. The van der Waals surface area contributed by atoms with E-state index in [0.717, 1.165) is 0 Å². The Hall–Kier alpha value is -2.22. The minimum atomic E-state index is 1.19. The van der Waals surface area contributed by atoms with E-state index < -0.39 is 0 Å². The number of benzene rings is 3. The maximum absolute atomic E-state index is 4.18. The van der Waals surface area contributed by atoms with Crippen LogP contribution in [0.4, 0.5) is 0 Å². The minimum absolute atomic E-state index is 1.19. The number of rotatable bonds is 0. The van der Waals surface area contributed by atoms with Crippen LogP contribution in [0.25, 0.3) is 32.2 Å². The zero-order valence-electron chi connectivity index (χ0n) is 9.80. The zero-order valence-corrected chi connectivity index (χ0v) is 9.80. The van der Waals surface area contributed by atoms with Gasteiger partial charge in [-0.1, -0.05) is 0 Å². The summed E-state index contributed by atoms with van der Waals surface area (Å²) < 4.78 is 0. The molecule has 1 heterocycles. The second-order valence-electron chi connectivity index (χ2n) is 4.62. The van der Waals surface area contributed by atoms with Crippen molar-refractivity contribution in [2.75, 3.05) is 0 Å². The number of aromatic nitrogens is 1. The normalized spacial score (nSPS) is 11.1. The van der Waals surface area contributed by atoms with Crippen LogP contribution in [0.1, 0.15) is 0 Å². The van der Waals surface area contributed by atoms with E-state index in [1.807, 2.05) is 13.2 Å². The van der Waals surface area contributed by atoms with E-state index in [1.165, 1.54) is 32.2 Å². The van der Waals surface area contributed by atoms with Gasteiger partial charge in [-0.25, -0.2) is 0 Å². The monoisotopic (exact) mass is 227 g/mol. The summed E-state index contributed by atoms with van der Waals surface area (Å²) in [7, 11) is 1.92. The van der Waals surface area contributed by atoms with Gasteiger partial charge in [0.1, 0.15) is 0 Å². The van der Waals surface area contributed by atoms with Crippen molar-refractivity contribution in [1.29, 1.82) is 0 Å². The van der Waals surface area contributed by atoms with E-state index in [2.05, 4.69) is 59.5 Å². The Balaban J connectivity index is 2.20. The Morgan fingerprint density at radius 1 is 0.667 bits per heavy atom. The van der Waals surface area contributed by atoms with Crippen LogP contribution in [0.5, 0.6) is 0 Å². The number of nitrogens with zero attached hydrogens (tertiary/aromatic N) is 1. The van der Waals surface area contributed by atoms with E-state index in [4.69, 9.17) is 0 Å². The molecule has 3 aromatic carbocycles. The van der Waals surface area contributed by atoms with Crippen molar-refractivity contribution in [3.8, 4) is 0 Å². The molecular formula is C16H10BN. The van der Waals surface area contributed by atoms with Gasteiger partial charge in [-0.3, -0.25) is 0 Å². The van der Waals surface area contributed by atoms with E-state index in [1.54, 1.807) is 0 Å². The summed E-state index contributed by atoms with van der Waals surface area (Å²) in [6.07, 6.45) is 1.84. The Kier molecular flexibility index (Phi) is 1.98. The van der Waals surface area contributed by atoms with Crippen LogP contribution < -0.4 is 0 Å². The first kappa shape index (κ1) is 9.78. The molecule has 0 spiro atoms. The molecule has 0 unspecified atom stereocenters. The summed E-state index contributed by atoms with van der Waals surface area (Å²) in [6.45, 7) is 0. The third kappa shape index (κ3) is 1.42. The van der Waals surface area contributed by atoms with Gasteiger partial charge in [-0.05, 0) is 0 Å². The van der Waals surface area contributed by atoms with Crippen molar-refractivity contribution < 1.29 is 0 Å². The fourth-order valence-corrected chi connectivity index (χ4v) is 2.53. The quantitative estimate of drug-likeness (QED) is 0.415. The van der Waals surface area contributed by atoms with Gasteiger partial charge in [0.25, 0.3) is 0 Å². The van der Waals surface area contributed by atoms with Crippen LogP contribution in [0.2, 0.25) is 0 Å². The van der Waals surface area contributed by atoms with Crippen molar-refractivity contribution >= 4 is 39.3 Å². The van der Waals surface area contributed by atoms with Gasteiger partial charge in [0.05, 0.1) is 0 Å². The predicted octanol–water partition coefficient (Wildman–Crippen LogP) is 3.88. The van der Waals surface area contributed by atoms with E-state index in [-0.39, 0.29) is 0 Å². The second kappa shape index (κ2) is 3.64. The van der Waals surface area contributed by atoms with Gasteiger partial charge in [0.2, 0.25) is 0 Å². The average molecular weight is 227 g/mol. The first-order valence-electron chi connectivity index (χ1n) is 6.06. The van der Waals surface area contributed by atoms with Crippen molar-refractivity contribution in [1.82, 2.24) is 4.89 Å². The second-order valence-corrected chi connectivity index (χ2v) is 4.62. The fraction of sp³-hybridized carbons (Fsp3) is 0. The Morgan fingerprint density at radius 3 is 2.11 bits per heavy atom. The SMILES string of the molecule is b1nccc2cc3cc4ccccc4cc3cc12. The molecule has 1 aromatic heterocycles. The fourth-order valence-electron chi connectivity index (χ4n) is 2.53. The van der Waals surface area contributed by atoms with E-state index >= 15 is 0 Å². The van der Waals surface area contributed by atoms with Gasteiger partial charge in [0, 0.05) is 0 Å². The summed E-state index contributed by atoms with van der Waals surface area (Å²) in [5, 5.41) is 7.57. The summed E-state index contributed by atoms with van der Waals surface area (Å²) in [6, 6.07) is 19.5. The molecule has 18 heavy (non-hydrogen) atoms. The molecule has 2 heteroatoms. The standard InChI is InChI=1S/C16H10BN/c1-2-4-12-8-15-10-16-13(5-6-18-17-16)9-14(15)7-11(12)3-1/h1-10H. The van der Waals surface area contributed by atoms with E-state index in [9.17, 15) is 0 Å². The zero-order chi connectivity index (χ0) is 11.9. The molecule has 0 saturated heterocycles. The Labute approximate surface area is 105 Å². The molecule has 0 N–H and O–H groups in total. The Morgan fingerprint density at radius 2 is 1.33 bits per heavy atom. The van der Waals surface area contributed by atoms with Crippen LogP contribution >= 0.6 is 0 Å². The van der Waals surface area contributed by atoms with Crippen LogP contribution in [0, 0.1) is 0 Å². The molecule has 0 atom stereocenters. The number of fused-ring (bicyclic) bond motifs is 3. The molecule has 4 aromatic rings. The van der Waals surface area contributed by atoms with Gasteiger partial charge in [-0.2, -0.15) is 0 Å². The summed E-state index contributed by atoms with van der Waals surface area (Å²) >= 11 is 0. The van der Waals surface area contributed by atoms with Crippen molar-refractivity contribution in [3.63, 3.8) is 0 Å². The molecule has 82 valence electrons. The molecule has 0 radical (unpaired) electrons. The third-order valence-corrected chi connectivity index (χ3v) is 3.46. The predicted molar refractivity (Wildman–Crippen MR) is 78.1 cm³/mol. The summed E-state index contributed by atoms with van der Waals surface area (Å²) in [5.41, 5.74) is 0. The maximum atomic E-state index is 4.18. The first-order valence-corrected chi connectivity index (χ1v) is 6.06. The average Bonchev–Trinajstić information content (AvgIpc) is 2.42. The van der Waals surface area contributed by atoms with Gasteiger partial charge in [0.15, 0.2) is 0 Å². The van der Waals surface area contributed by atoms with Gasteiger partial charge < -0.3 is 0 Å². The molecule has 0 saturated carbocycles. The van der Waals surface area contributed by atoms with Crippen LogP contribution in [0.3, 0.4) is 0 Å². The molecule has 0 aliphatic heterocycles. The first-order chi connectivity index (χ1) is 8.90.